The van der Waals surface area contributed by atoms with Crippen LogP contribution in [0.3, 0.4) is 0 Å². The van der Waals surface area contributed by atoms with Crippen molar-refractivity contribution in [3.05, 3.63) is 93.4 Å². The van der Waals surface area contributed by atoms with E-state index in [-0.39, 0.29) is 30.3 Å². The Kier molecular flexibility index (Phi) is 4.87. The number of H-pyrrole nitrogens is 1. The molecule has 29 heavy (non-hydrogen) atoms. The summed E-state index contributed by atoms with van der Waals surface area (Å²) in [7, 11) is 0. The first-order valence-corrected chi connectivity index (χ1v) is 9.09. The molecular formula is C22H18N2O5. The molecule has 3 aromatic rings. The molecule has 0 saturated heterocycles. The molecule has 1 aromatic heterocycles. The Hall–Kier alpha value is -3.87. The van der Waals surface area contributed by atoms with E-state index in [2.05, 4.69) is 22.4 Å². The molecule has 4 rings (SSSR count). The van der Waals surface area contributed by atoms with E-state index in [1.165, 1.54) is 12.1 Å². The molecule has 0 fully saturated rings. The van der Waals surface area contributed by atoms with Crippen molar-refractivity contribution in [2.24, 2.45) is 0 Å². The third kappa shape index (κ3) is 3.62. The van der Waals surface area contributed by atoms with Crippen molar-refractivity contribution in [3.63, 3.8) is 0 Å². The second-order valence-corrected chi connectivity index (χ2v) is 6.71. The molecule has 7 heteroatoms. The second-order valence-electron chi connectivity index (χ2n) is 6.71. The van der Waals surface area contributed by atoms with Crippen molar-refractivity contribution >= 4 is 12.1 Å². The fourth-order valence-corrected chi connectivity index (χ4v) is 3.58. The van der Waals surface area contributed by atoms with Gasteiger partial charge in [-0.15, -0.1) is 0 Å². The number of aromatic nitrogens is 1. The van der Waals surface area contributed by atoms with Gasteiger partial charge in [0.25, 0.3) is 5.56 Å². The van der Waals surface area contributed by atoms with E-state index < -0.39 is 17.6 Å². The monoisotopic (exact) mass is 390 g/mol. The van der Waals surface area contributed by atoms with Crippen LogP contribution in [0.15, 0.2) is 65.5 Å². The lowest BCUT2D eigenvalue weighted by molar-refractivity contribution is 0.0690. The summed E-state index contributed by atoms with van der Waals surface area (Å²) in [6.07, 6.45) is -0.645. The van der Waals surface area contributed by atoms with Crippen LogP contribution in [0.5, 0.6) is 0 Å². The normalized spacial score (nSPS) is 12.1. The first-order valence-electron chi connectivity index (χ1n) is 9.09. The molecule has 1 aliphatic carbocycles. The van der Waals surface area contributed by atoms with Gasteiger partial charge in [0, 0.05) is 11.5 Å². The number of alkyl carbamates (subject to hydrolysis) is 1. The maximum atomic E-state index is 12.1. The zero-order chi connectivity index (χ0) is 20.4. The van der Waals surface area contributed by atoms with Crippen LogP contribution in [0, 0.1) is 0 Å². The highest BCUT2D eigenvalue weighted by Crippen LogP contribution is 2.44. The van der Waals surface area contributed by atoms with Gasteiger partial charge in [0.2, 0.25) is 0 Å². The van der Waals surface area contributed by atoms with Crippen LogP contribution >= 0.6 is 0 Å². The van der Waals surface area contributed by atoms with E-state index in [9.17, 15) is 14.4 Å². The molecule has 7 nitrogen and oxygen atoms in total. The topological polar surface area (TPSA) is 108 Å². The van der Waals surface area contributed by atoms with Crippen LogP contribution < -0.4 is 10.9 Å². The van der Waals surface area contributed by atoms with Gasteiger partial charge in [-0.05, 0) is 34.4 Å². The van der Waals surface area contributed by atoms with Crippen molar-refractivity contribution in [3.8, 4) is 11.1 Å². The molecule has 0 atom stereocenters. The summed E-state index contributed by atoms with van der Waals surface area (Å²) in [5.41, 5.74) is 3.97. The third-order valence-corrected chi connectivity index (χ3v) is 4.99. The third-order valence-electron chi connectivity index (χ3n) is 4.99. The van der Waals surface area contributed by atoms with Crippen molar-refractivity contribution in [1.29, 1.82) is 0 Å². The smallest absolute Gasteiger partial charge is 0.407 e. The predicted octanol–water partition coefficient (Wildman–Crippen LogP) is 3.11. The van der Waals surface area contributed by atoms with Gasteiger partial charge in [-0.2, -0.15) is 0 Å². The van der Waals surface area contributed by atoms with E-state index in [4.69, 9.17) is 9.84 Å². The van der Waals surface area contributed by atoms with Gasteiger partial charge in [-0.25, -0.2) is 9.59 Å². The number of fused-ring (bicyclic) bond motifs is 3. The molecule has 1 heterocycles. The molecule has 0 saturated carbocycles. The Morgan fingerprint density at radius 1 is 0.966 bits per heavy atom. The molecule has 2 aromatic carbocycles. The van der Waals surface area contributed by atoms with Crippen LogP contribution in [0.2, 0.25) is 0 Å². The Morgan fingerprint density at radius 2 is 1.59 bits per heavy atom. The number of carboxylic acid groups (broad SMARTS) is 1. The Labute approximate surface area is 166 Å². The summed E-state index contributed by atoms with van der Waals surface area (Å²) >= 11 is 0. The maximum Gasteiger partial charge on any atom is 0.407 e. The Balaban J connectivity index is 1.41. The van der Waals surface area contributed by atoms with E-state index >= 15 is 0 Å². The summed E-state index contributed by atoms with van der Waals surface area (Å²) in [5.74, 6) is -1.27. The number of amides is 1. The number of pyridine rings is 1. The quantitative estimate of drug-likeness (QED) is 0.620. The van der Waals surface area contributed by atoms with Crippen LogP contribution in [0.1, 0.15) is 33.1 Å². The average molecular weight is 390 g/mol. The summed E-state index contributed by atoms with van der Waals surface area (Å²) in [4.78, 5) is 37.1. The largest absolute Gasteiger partial charge is 0.477 e. The molecule has 0 radical (unpaired) electrons. The van der Waals surface area contributed by atoms with Gasteiger partial charge in [0.05, 0.1) is 6.54 Å². The second kappa shape index (κ2) is 7.63. The molecular weight excluding hydrogens is 372 g/mol. The van der Waals surface area contributed by atoms with Gasteiger partial charge in [-0.3, -0.25) is 4.79 Å². The molecule has 0 bridgehead atoms. The number of benzene rings is 2. The minimum Gasteiger partial charge on any atom is -0.477 e. The summed E-state index contributed by atoms with van der Waals surface area (Å²) in [6, 6.07) is 18.7. The van der Waals surface area contributed by atoms with E-state index in [0.717, 1.165) is 22.3 Å². The van der Waals surface area contributed by atoms with Crippen LogP contribution in [-0.2, 0) is 11.3 Å². The lowest BCUT2D eigenvalue weighted by Gasteiger charge is -2.14. The minimum atomic E-state index is -1.22. The molecule has 3 N–H and O–H groups in total. The fraction of sp³-hybridized carbons (Fsp3) is 0.136. The van der Waals surface area contributed by atoms with Crippen molar-refractivity contribution in [2.45, 2.75) is 12.5 Å². The highest BCUT2D eigenvalue weighted by atomic mass is 16.5. The number of nitrogens with one attached hydrogen (secondary N) is 2. The number of hydrogen-bond donors (Lipinski definition) is 3. The highest BCUT2D eigenvalue weighted by Gasteiger charge is 2.28. The van der Waals surface area contributed by atoms with Crippen molar-refractivity contribution in [1.82, 2.24) is 10.3 Å². The predicted molar refractivity (Wildman–Crippen MR) is 106 cm³/mol. The summed E-state index contributed by atoms with van der Waals surface area (Å²) < 4.78 is 5.41. The molecule has 1 amide bonds. The van der Waals surface area contributed by atoms with Crippen molar-refractivity contribution in [2.75, 3.05) is 6.61 Å². The standard InChI is InChI=1S/C22H18N2O5/c25-20-13(9-10-19(24-20)21(26)27)11-23-22(28)29-12-18-16-7-3-1-5-14(16)15-6-2-4-8-17(15)18/h1-10,18H,11-12H2,(H,23,28)(H,24,25)(H,26,27). The number of aromatic amines is 1. The number of aromatic carboxylic acids is 1. The lowest BCUT2D eigenvalue weighted by atomic mass is 9.98. The number of carboxylic acids is 1. The first kappa shape index (κ1) is 18.5. The van der Waals surface area contributed by atoms with E-state index in [0.29, 0.717) is 0 Å². The van der Waals surface area contributed by atoms with Crippen LogP contribution in [0.25, 0.3) is 11.1 Å². The summed E-state index contributed by atoms with van der Waals surface area (Å²) in [5, 5.41) is 11.4. The number of ether oxygens (including phenoxy) is 1. The molecule has 0 aliphatic heterocycles. The molecule has 0 spiro atoms. The molecule has 146 valence electrons. The fourth-order valence-electron chi connectivity index (χ4n) is 3.58. The van der Waals surface area contributed by atoms with Gasteiger partial charge in [0.1, 0.15) is 12.3 Å². The number of carbonyl (C=O) groups is 2. The SMILES string of the molecule is O=C(NCc1ccc(C(=O)O)[nH]c1=O)OCC1c2ccccc2-c2ccccc21. The van der Waals surface area contributed by atoms with Crippen LogP contribution in [-0.4, -0.2) is 28.8 Å². The minimum absolute atomic E-state index is 0.0496. The highest BCUT2D eigenvalue weighted by molar-refractivity contribution is 5.85. The first-order chi connectivity index (χ1) is 14.0. The Morgan fingerprint density at radius 3 is 2.17 bits per heavy atom. The van der Waals surface area contributed by atoms with Gasteiger partial charge in [-0.1, -0.05) is 48.5 Å². The molecule has 0 unspecified atom stereocenters. The van der Waals surface area contributed by atoms with Crippen LogP contribution in [0.4, 0.5) is 4.79 Å². The summed E-state index contributed by atoms with van der Waals surface area (Å²) in [6.45, 7) is 0.111. The van der Waals surface area contributed by atoms with Gasteiger partial charge in [0.15, 0.2) is 0 Å². The van der Waals surface area contributed by atoms with E-state index in [1.807, 2.05) is 36.4 Å². The van der Waals surface area contributed by atoms with E-state index in [1.54, 1.807) is 0 Å². The average Bonchev–Trinajstić information content (AvgIpc) is 3.05. The maximum absolute atomic E-state index is 12.1. The number of hydrogen-bond acceptors (Lipinski definition) is 4. The molecule has 1 aliphatic rings. The zero-order valence-electron chi connectivity index (χ0n) is 15.3. The van der Waals surface area contributed by atoms with Crippen molar-refractivity contribution < 1.29 is 19.4 Å². The zero-order valence-corrected chi connectivity index (χ0v) is 15.3. The number of carbonyl (C=O) groups excluding carboxylic acids is 1. The Bertz CT molecular complexity index is 1110. The number of rotatable bonds is 5. The van der Waals surface area contributed by atoms with Gasteiger partial charge < -0.3 is 20.1 Å². The van der Waals surface area contributed by atoms with Gasteiger partial charge >= 0.3 is 12.1 Å². The lowest BCUT2D eigenvalue weighted by Crippen LogP contribution is -2.29.